The summed E-state index contributed by atoms with van der Waals surface area (Å²) in [6, 6.07) is 0. The number of nitrogens with two attached hydrogens (primary N) is 1. The van der Waals surface area contributed by atoms with E-state index in [9.17, 15) is 4.79 Å². The second-order valence-electron chi connectivity index (χ2n) is 3.82. The summed E-state index contributed by atoms with van der Waals surface area (Å²) < 4.78 is 5.45. The molecule has 0 bridgehead atoms. The van der Waals surface area contributed by atoms with Crippen molar-refractivity contribution in [3.8, 4) is 0 Å². The maximum absolute atomic E-state index is 11.6. The molecular weight excluding hydrogens is 228 g/mol. The highest BCUT2D eigenvalue weighted by molar-refractivity contribution is 7.16. The molecule has 0 aliphatic rings. The lowest BCUT2D eigenvalue weighted by Crippen LogP contribution is -2.40. The Morgan fingerprint density at radius 2 is 2.25 bits per heavy atom. The van der Waals surface area contributed by atoms with Crippen LogP contribution in [0.5, 0.6) is 0 Å². The summed E-state index contributed by atoms with van der Waals surface area (Å²) in [5.41, 5.74) is 5.00. The Hall–Kier alpha value is -1.21. The van der Waals surface area contributed by atoms with Crippen LogP contribution in [-0.4, -0.2) is 34.9 Å². The van der Waals surface area contributed by atoms with Gasteiger partial charge in [-0.2, -0.15) is 0 Å². The first kappa shape index (κ1) is 12.9. The predicted molar refractivity (Wildman–Crippen MR) is 62.4 cm³/mol. The van der Waals surface area contributed by atoms with Gasteiger partial charge in [0.05, 0.1) is 5.60 Å². The number of anilines is 1. The monoisotopic (exact) mass is 244 g/mol. The summed E-state index contributed by atoms with van der Waals surface area (Å²) in [4.78, 5) is 11.6. The normalized spacial score (nSPS) is 11.4. The average Bonchev–Trinajstić information content (AvgIpc) is 2.61. The van der Waals surface area contributed by atoms with Crippen LogP contribution in [-0.2, 0) is 4.74 Å². The molecule has 1 heterocycles. The number of amides is 1. The number of nitrogen functional groups attached to an aromatic ring is 1. The first-order valence-electron chi connectivity index (χ1n) is 4.96. The Morgan fingerprint density at radius 3 is 2.75 bits per heavy atom. The van der Waals surface area contributed by atoms with E-state index in [0.29, 0.717) is 13.2 Å². The van der Waals surface area contributed by atoms with Crippen molar-refractivity contribution in [2.24, 2.45) is 0 Å². The fourth-order valence-corrected chi connectivity index (χ4v) is 1.66. The molecule has 1 aromatic rings. The van der Waals surface area contributed by atoms with Crippen LogP contribution in [0.2, 0.25) is 0 Å². The summed E-state index contributed by atoms with van der Waals surface area (Å²) in [5.74, 6) is -0.276. The second-order valence-corrected chi connectivity index (χ2v) is 4.83. The van der Waals surface area contributed by atoms with Crippen molar-refractivity contribution in [1.29, 1.82) is 0 Å². The molecule has 0 saturated carbocycles. The molecule has 16 heavy (non-hydrogen) atoms. The van der Waals surface area contributed by atoms with Crippen LogP contribution in [0, 0.1) is 0 Å². The molecule has 0 atom stereocenters. The maximum atomic E-state index is 11.6. The Bertz CT molecular complexity index is 364. The van der Waals surface area contributed by atoms with Crippen LogP contribution in [0.25, 0.3) is 0 Å². The molecule has 0 radical (unpaired) electrons. The predicted octanol–water partition coefficient (Wildman–Crippen LogP) is 0.665. The van der Waals surface area contributed by atoms with Crippen molar-refractivity contribution in [1.82, 2.24) is 15.5 Å². The highest BCUT2D eigenvalue weighted by atomic mass is 32.1. The van der Waals surface area contributed by atoms with Crippen molar-refractivity contribution >= 4 is 22.4 Å². The van der Waals surface area contributed by atoms with Gasteiger partial charge in [0.25, 0.3) is 5.91 Å². The Balaban J connectivity index is 2.47. The largest absolute Gasteiger partial charge is 0.374 e. The van der Waals surface area contributed by atoms with Gasteiger partial charge in [-0.3, -0.25) is 4.79 Å². The number of ether oxygens (including phenoxy) is 1. The van der Waals surface area contributed by atoms with Crippen LogP contribution in [0.1, 0.15) is 30.6 Å². The van der Waals surface area contributed by atoms with Gasteiger partial charge in [-0.15, -0.1) is 10.2 Å². The minimum Gasteiger partial charge on any atom is -0.374 e. The van der Waals surface area contributed by atoms with Crippen LogP contribution in [0.15, 0.2) is 0 Å². The van der Waals surface area contributed by atoms with Gasteiger partial charge in [0.1, 0.15) is 0 Å². The zero-order chi connectivity index (χ0) is 12.2. The summed E-state index contributed by atoms with van der Waals surface area (Å²) >= 11 is 1.06. The van der Waals surface area contributed by atoms with Gasteiger partial charge in [-0.05, 0) is 20.8 Å². The first-order chi connectivity index (χ1) is 7.44. The summed E-state index contributed by atoms with van der Waals surface area (Å²) in [6.45, 7) is 6.75. The van der Waals surface area contributed by atoms with Crippen LogP contribution < -0.4 is 11.1 Å². The van der Waals surface area contributed by atoms with E-state index in [2.05, 4.69) is 15.5 Å². The van der Waals surface area contributed by atoms with Crippen LogP contribution in [0.4, 0.5) is 5.13 Å². The summed E-state index contributed by atoms with van der Waals surface area (Å²) in [5, 5.41) is 10.5. The molecule has 3 N–H and O–H groups in total. The standard InChI is InChI=1S/C9H16N4O2S/c1-4-15-9(2,3)5-11-6(14)7-12-13-8(10)16-7/h4-5H2,1-3H3,(H2,10,13)(H,11,14). The summed E-state index contributed by atoms with van der Waals surface area (Å²) in [7, 11) is 0. The number of carbonyl (C=O) groups excluding carboxylic acids is 1. The molecule has 90 valence electrons. The fraction of sp³-hybridized carbons (Fsp3) is 0.667. The lowest BCUT2D eigenvalue weighted by Gasteiger charge is -2.24. The third-order valence-corrected chi connectivity index (χ3v) is 2.60. The average molecular weight is 244 g/mol. The van der Waals surface area contributed by atoms with Gasteiger partial charge >= 0.3 is 0 Å². The van der Waals surface area contributed by atoms with E-state index in [1.54, 1.807) is 0 Å². The molecule has 0 aliphatic heterocycles. The Morgan fingerprint density at radius 1 is 1.56 bits per heavy atom. The molecule has 0 fully saturated rings. The zero-order valence-electron chi connectivity index (χ0n) is 9.61. The highest BCUT2D eigenvalue weighted by Gasteiger charge is 2.20. The SMILES string of the molecule is CCOC(C)(C)CNC(=O)c1nnc(N)s1. The number of rotatable bonds is 5. The minimum atomic E-state index is -0.388. The maximum Gasteiger partial charge on any atom is 0.282 e. The van der Waals surface area contributed by atoms with Crippen molar-refractivity contribution in [3.05, 3.63) is 5.01 Å². The second kappa shape index (κ2) is 5.22. The van der Waals surface area contributed by atoms with Crippen LogP contribution >= 0.6 is 11.3 Å². The van der Waals surface area contributed by atoms with Crippen molar-refractivity contribution in [3.63, 3.8) is 0 Å². The highest BCUT2D eigenvalue weighted by Crippen LogP contribution is 2.11. The molecule has 1 aromatic heterocycles. The van der Waals surface area contributed by atoms with E-state index in [1.807, 2.05) is 20.8 Å². The van der Waals surface area contributed by atoms with E-state index in [4.69, 9.17) is 10.5 Å². The van der Waals surface area contributed by atoms with E-state index < -0.39 is 0 Å². The molecule has 0 unspecified atom stereocenters. The van der Waals surface area contributed by atoms with Crippen molar-refractivity contribution in [2.75, 3.05) is 18.9 Å². The summed E-state index contributed by atoms with van der Waals surface area (Å²) in [6.07, 6.45) is 0. The van der Waals surface area contributed by atoms with E-state index >= 15 is 0 Å². The number of carbonyl (C=O) groups is 1. The molecule has 0 spiro atoms. The molecule has 0 saturated heterocycles. The van der Waals surface area contributed by atoms with Crippen molar-refractivity contribution < 1.29 is 9.53 Å². The Labute approximate surface area is 98.2 Å². The molecule has 0 aliphatic carbocycles. The molecular formula is C9H16N4O2S. The Kier molecular flexibility index (Phi) is 4.19. The number of hydrogen-bond acceptors (Lipinski definition) is 6. The quantitative estimate of drug-likeness (QED) is 0.794. The first-order valence-corrected chi connectivity index (χ1v) is 5.77. The molecule has 1 amide bonds. The van der Waals surface area contributed by atoms with Crippen LogP contribution in [0.3, 0.4) is 0 Å². The fourth-order valence-electron chi connectivity index (χ4n) is 1.14. The van der Waals surface area contributed by atoms with Gasteiger partial charge in [-0.1, -0.05) is 11.3 Å². The van der Waals surface area contributed by atoms with Gasteiger partial charge < -0.3 is 15.8 Å². The van der Waals surface area contributed by atoms with E-state index in [-0.39, 0.29) is 21.6 Å². The van der Waals surface area contributed by atoms with Gasteiger partial charge in [0, 0.05) is 13.2 Å². The molecule has 1 rings (SSSR count). The number of aromatic nitrogens is 2. The third-order valence-electron chi connectivity index (χ3n) is 1.84. The van der Waals surface area contributed by atoms with Crippen molar-refractivity contribution in [2.45, 2.75) is 26.4 Å². The lowest BCUT2D eigenvalue weighted by molar-refractivity contribution is -0.00816. The molecule has 0 aromatic carbocycles. The number of nitrogens with one attached hydrogen (secondary N) is 1. The van der Waals surface area contributed by atoms with Gasteiger partial charge in [0.2, 0.25) is 10.1 Å². The number of hydrogen-bond donors (Lipinski definition) is 2. The zero-order valence-corrected chi connectivity index (χ0v) is 10.4. The number of nitrogens with zero attached hydrogens (tertiary/aromatic N) is 2. The smallest absolute Gasteiger partial charge is 0.282 e. The molecule has 7 heteroatoms. The van der Waals surface area contributed by atoms with Gasteiger partial charge in [0.15, 0.2) is 0 Å². The molecule has 6 nitrogen and oxygen atoms in total. The van der Waals surface area contributed by atoms with Gasteiger partial charge in [-0.25, -0.2) is 0 Å². The topological polar surface area (TPSA) is 90.1 Å². The minimum absolute atomic E-state index is 0.268. The van der Waals surface area contributed by atoms with E-state index in [1.165, 1.54) is 0 Å². The third kappa shape index (κ3) is 3.74. The lowest BCUT2D eigenvalue weighted by atomic mass is 10.1. The van der Waals surface area contributed by atoms with E-state index in [0.717, 1.165) is 11.3 Å².